The Morgan fingerprint density at radius 3 is 2.96 bits per heavy atom. The van der Waals surface area contributed by atoms with Crippen molar-refractivity contribution in [3.63, 3.8) is 0 Å². The number of rotatable bonds is 3. The molecule has 0 aliphatic carbocycles. The van der Waals surface area contributed by atoms with Gasteiger partial charge in [-0.2, -0.15) is 0 Å². The van der Waals surface area contributed by atoms with E-state index in [4.69, 9.17) is 0 Å². The van der Waals surface area contributed by atoms with Crippen molar-refractivity contribution in [3.05, 3.63) is 66.8 Å². The molecule has 2 aromatic heterocycles. The van der Waals surface area contributed by atoms with Crippen molar-refractivity contribution in [2.75, 3.05) is 16.8 Å². The minimum Gasteiger partial charge on any atom is -0.326 e. The zero-order chi connectivity index (χ0) is 19.3. The smallest absolute Gasteiger partial charge is 0.257 e. The van der Waals surface area contributed by atoms with Gasteiger partial charge >= 0.3 is 0 Å². The van der Waals surface area contributed by atoms with E-state index in [1.165, 1.54) is 30.2 Å². The molecule has 6 heteroatoms. The van der Waals surface area contributed by atoms with Gasteiger partial charge in [0.1, 0.15) is 18.0 Å². The van der Waals surface area contributed by atoms with E-state index >= 15 is 0 Å². The van der Waals surface area contributed by atoms with Gasteiger partial charge in [-0.05, 0) is 37.0 Å². The van der Waals surface area contributed by atoms with Crippen molar-refractivity contribution in [2.45, 2.75) is 25.7 Å². The minimum atomic E-state index is -0.322. The van der Waals surface area contributed by atoms with E-state index in [1.54, 1.807) is 12.5 Å². The third-order valence-corrected chi connectivity index (χ3v) is 4.85. The number of para-hydroxylation sites is 1. The summed E-state index contributed by atoms with van der Waals surface area (Å²) in [5.41, 5.74) is 5.71. The summed E-state index contributed by atoms with van der Waals surface area (Å²) in [7, 11) is 0. The first-order chi connectivity index (χ1) is 13.8. The molecule has 1 aliphatic heterocycles. The highest BCUT2D eigenvalue weighted by Gasteiger charge is 2.19. The monoisotopic (exact) mass is 371 g/mol. The Hall–Kier alpha value is -3.50. The van der Waals surface area contributed by atoms with Crippen LogP contribution in [0.4, 0.5) is 17.3 Å². The molecule has 0 fully saturated rings. The summed E-state index contributed by atoms with van der Waals surface area (Å²) in [6, 6.07) is 10.3. The fourth-order valence-electron chi connectivity index (χ4n) is 3.57. The van der Waals surface area contributed by atoms with Gasteiger partial charge in [-0.15, -0.1) is 5.73 Å². The zero-order valence-electron chi connectivity index (χ0n) is 15.6. The van der Waals surface area contributed by atoms with Crippen molar-refractivity contribution in [3.8, 4) is 0 Å². The molecule has 3 aromatic rings. The Bertz CT molecular complexity index is 1070. The number of aryl methyl sites for hydroxylation is 1. The maximum absolute atomic E-state index is 11.8. The maximum atomic E-state index is 11.8. The second kappa shape index (κ2) is 8.03. The van der Waals surface area contributed by atoms with Crippen LogP contribution in [0.25, 0.3) is 10.9 Å². The van der Waals surface area contributed by atoms with Gasteiger partial charge < -0.3 is 10.2 Å². The highest BCUT2D eigenvalue weighted by Crippen LogP contribution is 2.34. The SMILES string of the molecule is C=C=CC(=O)Nc1cc2c(N3CCCCCc4ccccc43)ncnc2cn1. The molecule has 1 amide bonds. The van der Waals surface area contributed by atoms with E-state index in [9.17, 15) is 4.79 Å². The number of nitrogens with zero attached hydrogens (tertiary/aromatic N) is 4. The van der Waals surface area contributed by atoms with Gasteiger partial charge in [-0.25, -0.2) is 15.0 Å². The molecule has 0 atom stereocenters. The molecular formula is C22H21N5O. The van der Waals surface area contributed by atoms with Gasteiger partial charge in [0.05, 0.1) is 11.7 Å². The summed E-state index contributed by atoms with van der Waals surface area (Å²) in [6.07, 6.45) is 9.01. The second-order valence-corrected chi connectivity index (χ2v) is 6.71. The molecule has 6 nitrogen and oxygen atoms in total. The van der Waals surface area contributed by atoms with E-state index in [0.29, 0.717) is 5.82 Å². The Balaban J connectivity index is 1.82. The molecule has 1 aliphatic rings. The number of hydrogen-bond donors (Lipinski definition) is 1. The quantitative estimate of drug-likeness (QED) is 0.553. The zero-order valence-corrected chi connectivity index (χ0v) is 15.6. The Morgan fingerprint density at radius 2 is 2.07 bits per heavy atom. The van der Waals surface area contributed by atoms with Crippen molar-refractivity contribution >= 4 is 34.1 Å². The van der Waals surface area contributed by atoms with Crippen molar-refractivity contribution in [1.29, 1.82) is 0 Å². The van der Waals surface area contributed by atoms with Crippen LogP contribution in [-0.4, -0.2) is 27.4 Å². The number of aromatic nitrogens is 3. The van der Waals surface area contributed by atoms with E-state index in [1.807, 2.05) is 6.07 Å². The van der Waals surface area contributed by atoms with Gasteiger partial charge in [0.2, 0.25) is 0 Å². The molecule has 0 saturated heterocycles. The lowest BCUT2D eigenvalue weighted by molar-refractivity contribution is -0.111. The standard InChI is InChI=1S/C22H21N5O/c1-2-8-21(28)26-20-13-17-18(14-23-20)24-15-25-22(17)27-12-7-3-4-9-16-10-5-6-11-19(16)27/h5-6,8,10-11,13-15H,1,3-4,7,9,12H2,(H,23,26,28). The van der Waals surface area contributed by atoms with Crippen LogP contribution in [0.3, 0.4) is 0 Å². The van der Waals surface area contributed by atoms with Gasteiger partial charge in [-0.1, -0.05) is 31.2 Å². The molecule has 0 unspecified atom stereocenters. The third-order valence-electron chi connectivity index (χ3n) is 4.85. The van der Waals surface area contributed by atoms with E-state index in [-0.39, 0.29) is 5.91 Å². The van der Waals surface area contributed by atoms with Crippen LogP contribution in [0, 0.1) is 0 Å². The topological polar surface area (TPSA) is 71.0 Å². The number of pyridine rings is 1. The number of amides is 1. The predicted molar refractivity (Wildman–Crippen MR) is 111 cm³/mol. The molecule has 140 valence electrons. The molecule has 0 bridgehead atoms. The maximum Gasteiger partial charge on any atom is 0.257 e. The van der Waals surface area contributed by atoms with E-state index < -0.39 is 0 Å². The average molecular weight is 371 g/mol. The van der Waals surface area contributed by atoms with Crippen LogP contribution in [-0.2, 0) is 11.2 Å². The van der Waals surface area contributed by atoms with E-state index in [2.05, 4.69) is 61.7 Å². The number of benzene rings is 1. The summed E-state index contributed by atoms with van der Waals surface area (Å²) in [6.45, 7) is 4.30. The fourth-order valence-corrected chi connectivity index (χ4v) is 3.57. The van der Waals surface area contributed by atoms with E-state index in [0.717, 1.165) is 36.1 Å². The Labute approximate surface area is 163 Å². The lowest BCUT2D eigenvalue weighted by atomic mass is 10.0. The molecule has 3 heterocycles. The molecule has 1 aromatic carbocycles. The normalized spacial score (nSPS) is 13.8. The van der Waals surface area contributed by atoms with Gasteiger partial charge in [-0.3, -0.25) is 4.79 Å². The first kappa shape index (κ1) is 17.9. The van der Waals surface area contributed by atoms with Crippen LogP contribution < -0.4 is 10.2 Å². The minimum absolute atomic E-state index is 0.322. The predicted octanol–water partition coefficient (Wildman–Crippen LogP) is 4.17. The number of hydrogen-bond acceptors (Lipinski definition) is 5. The number of nitrogens with one attached hydrogen (secondary N) is 1. The lowest BCUT2D eigenvalue weighted by Crippen LogP contribution is -2.23. The number of anilines is 3. The summed E-state index contributed by atoms with van der Waals surface area (Å²) in [5.74, 6) is 0.953. The second-order valence-electron chi connectivity index (χ2n) is 6.71. The van der Waals surface area contributed by atoms with Crippen LogP contribution in [0.5, 0.6) is 0 Å². The largest absolute Gasteiger partial charge is 0.326 e. The first-order valence-electron chi connectivity index (χ1n) is 9.39. The molecular weight excluding hydrogens is 350 g/mol. The first-order valence-corrected chi connectivity index (χ1v) is 9.39. The molecule has 28 heavy (non-hydrogen) atoms. The highest BCUT2D eigenvalue weighted by atomic mass is 16.1. The molecule has 0 radical (unpaired) electrons. The van der Waals surface area contributed by atoms with Crippen LogP contribution in [0.1, 0.15) is 24.8 Å². The van der Waals surface area contributed by atoms with Crippen molar-refractivity contribution in [1.82, 2.24) is 15.0 Å². The van der Waals surface area contributed by atoms with Gasteiger partial charge in [0.15, 0.2) is 0 Å². The van der Waals surface area contributed by atoms with Crippen molar-refractivity contribution < 1.29 is 4.79 Å². The van der Waals surface area contributed by atoms with Crippen molar-refractivity contribution in [2.24, 2.45) is 0 Å². The Kier molecular flexibility index (Phi) is 5.13. The Morgan fingerprint density at radius 1 is 1.18 bits per heavy atom. The molecule has 0 saturated carbocycles. The fraction of sp³-hybridized carbons (Fsp3) is 0.227. The lowest BCUT2D eigenvalue weighted by Gasteiger charge is -2.29. The van der Waals surface area contributed by atoms with Crippen LogP contribution in [0.15, 0.2) is 61.2 Å². The third kappa shape index (κ3) is 3.63. The highest BCUT2D eigenvalue weighted by molar-refractivity contribution is 6.00. The van der Waals surface area contributed by atoms with Gasteiger partial charge in [0, 0.05) is 23.7 Å². The molecule has 0 spiro atoms. The van der Waals surface area contributed by atoms with Crippen LogP contribution in [0.2, 0.25) is 0 Å². The summed E-state index contributed by atoms with van der Waals surface area (Å²) in [4.78, 5) is 27.3. The number of carbonyl (C=O) groups is 1. The number of fused-ring (bicyclic) bond motifs is 2. The average Bonchev–Trinajstić information content (AvgIpc) is 2.69. The van der Waals surface area contributed by atoms with Gasteiger partial charge in [0.25, 0.3) is 5.91 Å². The summed E-state index contributed by atoms with van der Waals surface area (Å²) in [5, 5.41) is 3.58. The molecule has 1 N–H and O–H groups in total. The van der Waals surface area contributed by atoms with Crippen LogP contribution >= 0.6 is 0 Å². The summed E-state index contributed by atoms with van der Waals surface area (Å²) < 4.78 is 0. The number of carbonyl (C=O) groups excluding carboxylic acids is 1. The molecule has 4 rings (SSSR count). The summed E-state index contributed by atoms with van der Waals surface area (Å²) >= 11 is 0.